The minimum atomic E-state index is -3.67. The average molecular weight is 426 g/mol. The van der Waals surface area contributed by atoms with Gasteiger partial charge in [0.15, 0.2) is 0 Å². The van der Waals surface area contributed by atoms with Crippen LogP contribution in [0, 0.1) is 18.8 Å². The fraction of sp³-hybridized carbons (Fsp3) is 0.0476. The van der Waals surface area contributed by atoms with E-state index < -0.39 is 10.0 Å². The zero-order chi connectivity index (χ0) is 18.6. The summed E-state index contributed by atoms with van der Waals surface area (Å²) in [4.78, 5) is 0.221. The van der Waals surface area contributed by atoms with Crippen LogP contribution in [0.5, 0.6) is 0 Å². The Kier molecular flexibility index (Phi) is 5.46. The van der Waals surface area contributed by atoms with Gasteiger partial charge in [-0.15, -0.1) is 0 Å². The van der Waals surface area contributed by atoms with Crippen molar-refractivity contribution in [1.29, 1.82) is 0 Å². The van der Waals surface area contributed by atoms with Crippen LogP contribution in [0.2, 0.25) is 0 Å². The van der Waals surface area contributed by atoms with Crippen LogP contribution in [0.3, 0.4) is 0 Å². The highest BCUT2D eigenvalue weighted by Gasteiger charge is 2.15. The second kappa shape index (κ2) is 7.77. The number of hydrogen-bond acceptors (Lipinski definition) is 2. The Balaban J connectivity index is 1.90. The molecule has 3 nitrogen and oxygen atoms in total. The first-order chi connectivity index (χ1) is 12.4. The molecule has 3 rings (SSSR count). The molecule has 0 fully saturated rings. The number of halogens is 1. The van der Waals surface area contributed by atoms with E-state index in [1.54, 1.807) is 42.5 Å². The van der Waals surface area contributed by atoms with Crippen molar-refractivity contribution < 1.29 is 8.42 Å². The number of aryl methyl sites for hydroxylation is 1. The van der Waals surface area contributed by atoms with Gasteiger partial charge in [0.2, 0.25) is 0 Å². The summed E-state index contributed by atoms with van der Waals surface area (Å²) in [5, 5.41) is 0. The second-order valence-electron chi connectivity index (χ2n) is 5.72. The van der Waals surface area contributed by atoms with Gasteiger partial charge in [0.25, 0.3) is 10.0 Å². The molecule has 0 unspecified atom stereocenters. The highest BCUT2D eigenvalue weighted by atomic mass is 79.9. The van der Waals surface area contributed by atoms with Crippen LogP contribution < -0.4 is 4.72 Å². The molecule has 130 valence electrons. The SMILES string of the molecule is Cc1ccc(S(=O)(=O)Nc2ccccc2C#Cc2ccc(Br)cc2)cc1. The molecule has 5 heteroatoms. The number of rotatable bonds is 3. The van der Waals surface area contributed by atoms with Crippen molar-refractivity contribution in [2.75, 3.05) is 4.72 Å². The number of para-hydroxylation sites is 1. The van der Waals surface area contributed by atoms with Gasteiger partial charge < -0.3 is 0 Å². The summed E-state index contributed by atoms with van der Waals surface area (Å²) in [6.45, 7) is 1.91. The van der Waals surface area contributed by atoms with Crippen molar-refractivity contribution in [3.8, 4) is 11.8 Å². The quantitative estimate of drug-likeness (QED) is 0.602. The van der Waals surface area contributed by atoms with E-state index in [0.717, 1.165) is 15.6 Å². The van der Waals surface area contributed by atoms with Crippen molar-refractivity contribution in [3.63, 3.8) is 0 Å². The fourth-order valence-electron chi connectivity index (χ4n) is 2.27. The molecule has 0 aliphatic heterocycles. The molecule has 3 aromatic carbocycles. The van der Waals surface area contributed by atoms with Gasteiger partial charge in [-0.2, -0.15) is 0 Å². The van der Waals surface area contributed by atoms with Crippen LogP contribution in [-0.2, 0) is 10.0 Å². The van der Waals surface area contributed by atoms with E-state index in [4.69, 9.17) is 0 Å². The van der Waals surface area contributed by atoms with Gasteiger partial charge in [0.1, 0.15) is 0 Å². The van der Waals surface area contributed by atoms with Crippen LogP contribution in [0.4, 0.5) is 5.69 Å². The van der Waals surface area contributed by atoms with Crippen LogP contribution in [0.25, 0.3) is 0 Å². The molecule has 0 spiro atoms. The molecule has 0 aromatic heterocycles. The molecule has 0 atom stereocenters. The Labute approximate surface area is 162 Å². The third-order valence-corrected chi connectivity index (χ3v) is 5.60. The monoisotopic (exact) mass is 425 g/mol. The van der Waals surface area contributed by atoms with Crippen molar-refractivity contribution in [1.82, 2.24) is 0 Å². The summed E-state index contributed by atoms with van der Waals surface area (Å²) in [6, 6.07) is 21.4. The Morgan fingerprint density at radius 2 is 1.50 bits per heavy atom. The van der Waals surface area contributed by atoms with Gasteiger partial charge in [-0.05, 0) is 55.5 Å². The maximum atomic E-state index is 12.6. The second-order valence-corrected chi connectivity index (χ2v) is 8.32. The van der Waals surface area contributed by atoms with Crippen molar-refractivity contribution >= 4 is 31.6 Å². The van der Waals surface area contributed by atoms with E-state index in [1.165, 1.54) is 0 Å². The van der Waals surface area contributed by atoms with Gasteiger partial charge in [0.05, 0.1) is 10.6 Å². The summed E-state index contributed by atoms with van der Waals surface area (Å²) < 4.78 is 28.8. The van der Waals surface area contributed by atoms with E-state index in [-0.39, 0.29) is 4.90 Å². The Morgan fingerprint density at radius 3 is 2.19 bits per heavy atom. The molecule has 0 saturated heterocycles. The molecule has 0 aliphatic rings. The highest BCUT2D eigenvalue weighted by molar-refractivity contribution is 9.10. The van der Waals surface area contributed by atoms with E-state index in [9.17, 15) is 8.42 Å². The Bertz CT molecular complexity index is 1080. The van der Waals surface area contributed by atoms with Crippen molar-refractivity contribution in [2.45, 2.75) is 11.8 Å². The predicted octanol–water partition coefficient (Wildman–Crippen LogP) is 4.96. The highest BCUT2D eigenvalue weighted by Crippen LogP contribution is 2.20. The maximum Gasteiger partial charge on any atom is 0.261 e. The lowest BCUT2D eigenvalue weighted by Crippen LogP contribution is -2.13. The summed E-state index contributed by atoms with van der Waals surface area (Å²) in [5.41, 5.74) is 2.93. The number of nitrogens with one attached hydrogen (secondary N) is 1. The predicted molar refractivity (Wildman–Crippen MR) is 109 cm³/mol. The van der Waals surface area contributed by atoms with Crippen LogP contribution >= 0.6 is 15.9 Å². The van der Waals surface area contributed by atoms with E-state index in [0.29, 0.717) is 11.3 Å². The summed E-state index contributed by atoms with van der Waals surface area (Å²) >= 11 is 3.39. The van der Waals surface area contributed by atoms with E-state index in [1.807, 2.05) is 37.3 Å². The first-order valence-electron chi connectivity index (χ1n) is 7.90. The molecule has 0 saturated carbocycles. The third kappa shape index (κ3) is 4.54. The lowest BCUT2D eigenvalue weighted by molar-refractivity contribution is 0.601. The minimum Gasteiger partial charge on any atom is -0.278 e. The molecule has 0 bridgehead atoms. The Morgan fingerprint density at radius 1 is 0.846 bits per heavy atom. The molecule has 0 aliphatic carbocycles. The average Bonchev–Trinajstić information content (AvgIpc) is 2.62. The normalized spacial score (nSPS) is 10.7. The van der Waals surface area contributed by atoms with Gasteiger partial charge in [-0.3, -0.25) is 4.72 Å². The van der Waals surface area contributed by atoms with Crippen LogP contribution in [0.1, 0.15) is 16.7 Å². The van der Waals surface area contributed by atoms with Crippen molar-refractivity contribution in [3.05, 3.63) is 94.0 Å². The first kappa shape index (κ1) is 18.2. The number of anilines is 1. The molecule has 1 N–H and O–H groups in total. The third-order valence-electron chi connectivity index (χ3n) is 3.69. The number of sulfonamides is 1. The molecular weight excluding hydrogens is 410 g/mol. The first-order valence-corrected chi connectivity index (χ1v) is 10.2. The maximum absolute atomic E-state index is 12.6. The zero-order valence-corrected chi connectivity index (χ0v) is 16.4. The van der Waals surface area contributed by atoms with E-state index in [2.05, 4.69) is 32.5 Å². The Hall–Kier alpha value is -2.55. The molecular formula is C21H16BrNO2S. The lowest BCUT2D eigenvalue weighted by Gasteiger charge is -2.10. The standard InChI is InChI=1S/C21H16BrNO2S/c1-16-6-14-20(15-7-16)26(24,25)23-21-5-3-2-4-18(21)11-8-17-9-12-19(22)13-10-17/h2-7,9-10,12-15,23H,1H3. The van der Waals surface area contributed by atoms with Crippen molar-refractivity contribution in [2.24, 2.45) is 0 Å². The van der Waals surface area contributed by atoms with Gasteiger partial charge in [-0.25, -0.2) is 8.42 Å². The number of hydrogen-bond donors (Lipinski definition) is 1. The lowest BCUT2D eigenvalue weighted by atomic mass is 10.1. The van der Waals surface area contributed by atoms with Crippen LogP contribution in [0.15, 0.2) is 82.2 Å². The van der Waals surface area contributed by atoms with Gasteiger partial charge in [-0.1, -0.05) is 57.6 Å². The summed E-state index contributed by atoms with van der Waals surface area (Å²) in [7, 11) is -3.67. The largest absolute Gasteiger partial charge is 0.278 e. The number of benzene rings is 3. The molecule has 3 aromatic rings. The molecule has 26 heavy (non-hydrogen) atoms. The molecule has 0 heterocycles. The zero-order valence-electron chi connectivity index (χ0n) is 14.0. The minimum absolute atomic E-state index is 0.221. The van der Waals surface area contributed by atoms with Gasteiger partial charge >= 0.3 is 0 Å². The van der Waals surface area contributed by atoms with E-state index >= 15 is 0 Å². The fourth-order valence-corrected chi connectivity index (χ4v) is 3.62. The topological polar surface area (TPSA) is 46.2 Å². The molecule has 0 radical (unpaired) electrons. The summed E-state index contributed by atoms with van der Waals surface area (Å²) in [5.74, 6) is 6.10. The smallest absolute Gasteiger partial charge is 0.261 e. The summed E-state index contributed by atoms with van der Waals surface area (Å²) in [6.07, 6.45) is 0. The van der Waals surface area contributed by atoms with Crippen LogP contribution in [-0.4, -0.2) is 8.42 Å². The molecule has 0 amide bonds. The van der Waals surface area contributed by atoms with Gasteiger partial charge in [0, 0.05) is 15.6 Å².